The van der Waals surface area contributed by atoms with Gasteiger partial charge >= 0.3 is 0 Å². The number of hydrogen-bond acceptors (Lipinski definition) is 1. The summed E-state index contributed by atoms with van der Waals surface area (Å²) in [7, 11) is -1.53. The molecule has 0 radical (unpaired) electrons. The lowest BCUT2D eigenvalue weighted by molar-refractivity contribution is 0.504. The summed E-state index contributed by atoms with van der Waals surface area (Å²) in [5.41, 5.74) is 9.28. The van der Waals surface area contributed by atoms with Crippen LogP contribution in [0.2, 0.25) is 0 Å². The number of furan rings is 1. The van der Waals surface area contributed by atoms with Gasteiger partial charge in [0.15, 0.2) is 0 Å². The van der Waals surface area contributed by atoms with Gasteiger partial charge in [-0.15, -0.1) is 0 Å². The van der Waals surface area contributed by atoms with Gasteiger partial charge in [0, 0.05) is 10.8 Å². The molecule has 0 amide bonds. The van der Waals surface area contributed by atoms with Gasteiger partial charge in [-0.05, 0) is 129 Å². The lowest BCUT2D eigenvalue weighted by Gasteiger charge is -2.26. The van der Waals surface area contributed by atoms with Gasteiger partial charge < -0.3 is 4.42 Å². The fraction of sp³-hybridized carbons (Fsp3) is 0.161. The zero-order valence-electron chi connectivity index (χ0n) is 38.5. The Morgan fingerprint density at radius 2 is 0.662 bits per heavy atom. The molecule has 8 aromatic carbocycles. The van der Waals surface area contributed by atoms with Crippen molar-refractivity contribution in [3.63, 3.8) is 0 Å². The van der Waals surface area contributed by atoms with Crippen molar-refractivity contribution in [3.05, 3.63) is 228 Å². The molecule has 1 heterocycles. The van der Waals surface area contributed by atoms with E-state index in [0.717, 1.165) is 34.8 Å². The molecule has 65 heavy (non-hydrogen) atoms. The summed E-state index contributed by atoms with van der Waals surface area (Å²) in [6.45, 7) is 14.0. The summed E-state index contributed by atoms with van der Waals surface area (Å²) in [5.74, 6) is 0. The first kappa shape index (κ1) is 44.1. The van der Waals surface area contributed by atoms with Crippen molar-refractivity contribution in [1.82, 2.24) is 0 Å². The van der Waals surface area contributed by atoms with E-state index in [1.807, 2.05) is 0 Å². The highest BCUT2D eigenvalue weighted by Crippen LogP contribution is 2.42. The van der Waals surface area contributed by atoms with Crippen LogP contribution in [-0.2, 0) is 10.8 Å². The van der Waals surface area contributed by atoms with E-state index < -0.39 is 15.8 Å². The van der Waals surface area contributed by atoms with Crippen molar-refractivity contribution >= 4 is 93.9 Å². The highest BCUT2D eigenvalue weighted by atomic mass is 31.1. The normalized spacial score (nSPS) is 12.4. The Morgan fingerprint density at radius 1 is 0.369 bits per heavy atom. The molecule has 0 atom stereocenters. The molecule has 0 saturated heterocycles. The summed E-state index contributed by atoms with van der Waals surface area (Å²) in [6.07, 6.45) is 11.4. The number of hydrogen-bond donors (Lipinski definition) is 0. The van der Waals surface area contributed by atoms with Crippen LogP contribution in [-0.4, -0.2) is 0 Å². The van der Waals surface area contributed by atoms with Crippen LogP contribution in [0.1, 0.15) is 87.8 Å². The second kappa shape index (κ2) is 19.2. The number of fused-ring (bicyclic) bond motifs is 3. The highest BCUT2D eigenvalue weighted by Gasteiger charge is 2.27. The van der Waals surface area contributed by atoms with Gasteiger partial charge in [-0.25, -0.2) is 0 Å². The molecule has 322 valence electrons. The minimum absolute atomic E-state index is 0.0669. The van der Waals surface area contributed by atoms with Crippen molar-refractivity contribution in [1.29, 1.82) is 0 Å². The van der Waals surface area contributed by atoms with E-state index in [1.165, 1.54) is 65.2 Å². The van der Waals surface area contributed by atoms with E-state index in [0.29, 0.717) is 0 Å². The lowest BCUT2D eigenvalue weighted by Crippen LogP contribution is -2.22. The first-order valence-electron chi connectivity index (χ1n) is 23.0. The Labute approximate surface area is 389 Å². The molecule has 0 spiro atoms. The molecule has 0 saturated carbocycles. The Morgan fingerprint density at radius 3 is 0.985 bits per heavy atom. The van der Waals surface area contributed by atoms with E-state index >= 15 is 0 Å². The van der Waals surface area contributed by atoms with Gasteiger partial charge in [-0.3, -0.25) is 0 Å². The molecule has 0 aliphatic heterocycles. The fourth-order valence-electron chi connectivity index (χ4n) is 8.92. The van der Waals surface area contributed by atoms with Crippen LogP contribution < -0.4 is 31.8 Å². The molecule has 9 aromatic rings. The van der Waals surface area contributed by atoms with Crippen LogP contribution in [0.25, 0.3) is 46.2 Å². The molecule has 1 aromatic heterocycles. The zero-order valence-corrected chi connectivity index (χ0v) is 40.3. The topological polar surface area (TPSA) is 13.1 Å². The second-order valence-corrected chi connectivity index (χ2v) is 22.6. The molecule has 0 unspecified atom stereocenters. The molecule has 0 fully saturated rings. The summed E-state index contributed by atoms with van der Waals surface area (Å²) < 4.78 is 6.90. The summed E-state index contributed by atoms with van der Waals surface area (Å²) >= 11 is 0. The lowest BCUT2D eigenvalue weighted by atomic mass is 9.78. The Hall–Kier alpha value is -6.10. The Kier molecular flexibility index (Phi) is 13.0. The van der Waals surface area contributed by atoms with Crippen molar-refractivity contribution in [2.24, 2.45) is 0 Å². The molecular weight excluding hydrogens is 823 g/mol. The maximum atomic E-state index is 6.90. The van der Waals surface area contributed by atoms with Gasteiger partial charge in [-0.2, -0.15) is 0 Å². The van der Waals surface area contributed by atoms with Gasteiger partial charge in [0.05, 0.1) is 0 Å². The quantitative estimate of drug-likeness (QED) is 0.0783. The molecule has 0 aliphatic rings. The minimum Gasteiger partial charge on any atom is -0.456 e. The maximum Gasteiger partial charge on any atom is 0.135 e. The maximum absolute atomic E-state index is 6.90. The largest absolute Gasteiger partial charge is 0.456 e. The summed E-state index contributed by atoms with van der Waals surface area (Å²) in [6, 6.07) is 71.3. The number of rotatable bonds is 14. The molecule has 3 heteroatoms. The van der Waals surface area contributed by atoms with Crippen molar-refractivity contribution in [2.45, 2.75) is 65.2 Å². The van der Waals surface area contributed by atoms with Crippen LogP contribution in [0, 0.1) is 0 Å². The second-order valence-electron chi connectivity index (χ2n) is 18.2. The molecule has 9 rings (SSSR count). The first-order valence-corrected chi connectivity index (χ1v) is 25.7. The third-order valence-corrected chi connectivity index (χ3v) is 18.4. The van der Waals surface area contributed by atoms with E-state index in [4.69, 9.17) is 4.42 Å². The average molecular weight is 881 g/mol. The molecule has 1 nitrogen and oxygen atoms in total. The van der Waals surface area contributed by atoms with Gasteiger partial charge in [0.25, 0.3) is 0 Å². The third kappa shape index (κ3) is 9.24. The van der Waals surface area contributed by atoms with Crippen molar-refractivity contribution in [3.8, 4) is 0 Å². The zero-order chi connectivity index (χ0) is 45.0. The van der Waals surface area contributed by atoms with E-state index in [-0.39, 0.29) is 10.8 Å². The monoisotopic (exact) mass is 880 g/mol. The summed E-state index contributed by atoms with van der Waals surface area (Å²) in [4.78, 5) is 0. The van der Waals surface area contributed by atoms with Crippen LogP contribution >= 0.6 is 15.8 Å². The van der Waals surface area contributed by atoms with Gasteiger partial charge in [-0.1, -0.05) is 236 Å². The first-order chi connectivity index (χ1) is 31.6. The minimum atomic E-state index is -0.765. The van der Waals surface area contributed by atoms with Crippen LogP contribution in [0.5, 0.6) is 0 Å². The Balaban J connectivity index is 1.18. The fourth-order valence-corrected chi connectivity index (χ4v) is 13.8. The third-order valence-electron chi connectivity index (χ3n) is 13.3. The van der Waals surface area contributed by atoms with E-state index in [2.05, 4.69) is 260 Å². The average Bonchev–Trinajstić information content (AvgIpc) is 3.70. The highest BCUT2D eigenvalue weighted by molar-refractivity contribution is 7.80. The van der Waals surface area contributed by atoms with E-state index in [9.17, 15) is 0 Å². The standard InChI is InChI=1S/C62H58OP2/c1-7-61(3,4)55-43-57-53(41-47(55)39-37-45-25-21-23-35-59(45)64(49-27-13-9-14-28-49)50-29-15-10-16-30-50)54-42-48(56(44-58(54)63-57)62(5,6)8-2)40-38-46-26-22-24-36-60(46)65(51-31-17-11-18-32-51)52-33-19-12-20-34-52/h9-44H,7-8H2,1-6H3/b39-37+,40-38+. The van der Waals surface area contributed by atoms with Crippen LogP contribution in [0.15, 0.2) is 199 Å². The van der Waals surface area contributed by atoms with Crippen molar-refractivity contribution < 1.29 is 4.42 Å². The van der Waals surface area contributed by atoms with E-state index in [1.54, 1.807) is 0 Å². The molecule has 0 bridgehead atoms. The molecule has 0 N–H and O–H groups in total. The smallest absolute Gasteiger partial charge is 0.135 e. The predicted octanol–water partition coefficient (Wildman–Crippen LogP) is 14.8. The molecular formula is C62H58OP2. The number of benzene rings is 8. The molecule has 0 aliphatic carbocycles. The van der Waals surface area contributed by atoms with Gasteiger partial charge in [0.1, 0.15) is 11.2 Å². The van der Waals surface area contributed by atoms with Crippen LogP contribution in [0.4, 0.5) is 0 Å². The van der Waals surface area contributed by atoms with Crippen molar-refractivity contribution in [2.75, 3.05) is 0 Å². The summed E-state index contributed by atoms with van der Waals surface area (Å²) in [5, 5.41) is 10.4. The SMILES string of the molecule is CCC(C)(C)c1cc2oc3cc(C(C)(C)CC)c(/C=C/c4ccccc4P(c4ccccc4)c4ccccc4)cc3c2cc1/C=C/c1ccccc1P(c1ccccc1)c1ccccc1. The predicted molar refractivity (Wildman–Crippen MR) is 289 cm³/mol. The van der Waals surface area contributed by atoms with Crippen LogP contribution in [0.3, 0.4) is 0 Å². The van der Waals surface area contributed by atoms with Gasteiger partial charge in [0.2, 0.25) is 0 Å². The Bertz CT molecular complexity index is 2820.